The van der Waals surface area contributed by atoms with Crippen LogP contribution < -0.4 is 0 Å². The number of carboxylic acid groups (broad SMARTS) is 1. The van der Waals surface area contributed by atoms with E-state index in [4.69, 9.17) is 14.6 Å². The van der Waals surface area contributed by atoms with Gasteiger partial charge in [-0.2, -0.15) is 0 Å². The van der Waals surface area contributed by atoms with Crippen molar-refractivity contribution in [2.75, 3.05) is 14.2 Å². The highest BCUT2D eigenvalue weighted by molar-refractivity contribution is 6.23. The van der Waals surface area contributed by atoms with Crippen molar-refractivity contribution in [2.24, 2.45) is 0 Å². The lowest BCUT2D eigenvalue weighted by molar-refractivity contribution is -0.132. The predicted molar refractivity (Wildman–Crippen MR) is 185 cm³/mol. The van der Waals surface area contributed by atoms with Gasteiger partial charge in [0.1, 0.15) is 0 Å². The predicted octanol–water partition coefficient (Wildman–Crippen LogP) is 10.0. The Morgan fingerprint density at radius 3 is 1.27 bits per heavy atom. The van der Waals surface area contributed by atoms with Crippen LogP contribution in [0.3, 0.4) is 0 Å². The van der Waals surface area contributed by atoms with Crippen LogP contribution in [0, 0.1) is 0 Å². The Balaban J connectivity index is 2.41. The van der Waals surface area contributed by atoms with Gasteiger partial charge < -0.3 is 14.6 Å². The van der Waals surface area contributed by atoms with Crippen molar-refractivity contribution in [1.82, 2.24) is 0 Å². The number of hydrogen-bond acceptors (Lipinski definition) is 5. The Bertz CT molecular complexity index is 1310. The monoisotopic (exact) mass is 620 g/mol. The van der Waals surface area contributed by atoms with Crippen LogP contribution in [0.15, 0.2) is 92.6 Å². The van der Waals surface area contributed by atoms with E-state index in [2.05, 4.69) is 58.9 Å². The number of ketones is 2. The van der Waals surface area contributed by atoms with Gasteiger partial charge >= 0.3 is 5.97 Å². The lowest BCUT2D eigenvalue weighted by Gasteiger charge is -2.19. The quantitative estimate of drug-likeness (QED) is 0.0827. The number of aliphatic carboxylic acids is 1. The highest BCUT2D eigenvalue weighted by Crippen LogP contribution is 2.28. The van der Waals surface area contributed by atoms with Gasteiger partial charge in [0, 0.05) is 16.7 Å². The summed E-state index contributed by atoms with van der Waals surface area (Å²) in [6.07, 6.45) is 23.3. The minimum absolute atomic E-state index is 0.0179. The fraction of sp³-hybridized carbons (Fsp3) is 0.513. The number of allylic oxidation sites excluding steroid dienone is 13. The summed E-state index contributed by atoms with van der Waals surface area (Å²) in [4.78, 5) is 36.2. The molecule has 0 bridgehead atoms. The van der Waals surface area contributed by atoms with Crippen LogP contribution in [0.1, 0.15) is 119 Å². The second-order valence-corrected chi connectivity index (χ2v) is 12.2. The molecular weight excluding hydrogens is 564 g/mol. The minimum Gasteiger partial charge on any atom is -0.489 e. The van der Waals surface area contributed by atoms with Crippen molar-refractivity contribution in [1.29, 1.82) is 0 Å². The summed E-state index contributed by atoms with van der Waals surface area (Å²) in [6.45, 7) is 14.1. The minimum atomic E-state index is -0.843. The number of hydrogen-bond donors (Lipinski definition) is 1. The summed E-state index contributed by atoms with van der Waals surface area (Å²) in [5.74, 6) is -1.46. The third-order valence-electron chi connectivity index (χ3n) is 8.20. The maximum absolute atomic E-state index is 12.8. The summed E-state index contributed by atoms with van der Waals surface area (Å²) in [6, 6.07) is 0. The molecule has 6 nitrogen and oxygen atoms in total. The van der Waals surface area contributed by atoms with Crippen LogP contribution in [-0.4, -0.2) is 36.9 Å². The van der Waals surface area contributed by atoms with Gasteiger partial charge in [0.05, 0.1) is 14.2 Å². The smallest absolute Gasteiger partial charge is 0.330 e. The van der Waals surface area contributed by atoms with E-state index >= 15 is 0 Å². The van der Waals surface area contributed by atoms with E-state index in [1.165, 1.54) is 42.1 Å². The molecule has 0 saturated heterocycles. The number of methoxy groups -OCH3 is 2. The number of carboxylic acids is 1. The van der Waals surface area contributed by atoms with Crippen molar-refractivity contribution >= 4 is 17.5 Å². The molecule has 0 heterocycles. The lowest BCUT2D eigenvalue weighted by Crippen LogP contribution is -2.24. The number of carbonyl (C=O) groups excluding carboxylic acids is 2. The third kappa shape index (κ3) is 14.8. The Labute approximate surface area is 272 Å². The Hall–Kier alpha value is -3.67. The number of rotatable bonds is 20. The largest absolute Gasteiger partial charge is 0.489 e. The van der Waals surface area contributed by atoms with E-state index < -0.39 is 5.97 Å². The van der Waals surface area contributed by atoms with E-state index in [-0.39, 0.29) is 23.1 Å². The SMILES string of the molecule is COC1=C(OC)C(=O)C(CC=C(C)CCC=C(C)CCC=C(C)CCC=C(C)CCC=C(C)CCC=C(C)C(=O)O)=C(C)C1=O. The van der Waals surface area contributed by atoms with Gasteiger partial charge in [0.2, 0.25) is 23.1 Å². The Morgan fingerprint density at radius 1 is 0.578 bits per heavy atom. The van der Waals surface area contributed by atoms with Gasteiger partial charge in [-0.25, -0.2) is 4.79 Å². The molecule has 6 heteroatoms. The second-order valence-electron chi connectivity index (χ2n) is 12.2. The van der Waals surface area contributed by atoms with Crippen molar-refractivity contribution in [3.05, 3.63) is 92.6 Å². The Morgan fingerprint density at radius 2 is 0.911 bits per heavy atom. The zero-order chi connectivity index (χ0) is 33.9. The molecule has 1 N–H and O–H groups in total. The van der Waals surface area contributed by atoms with Crippen molar-refractivity contribution in [3.8, 4) is 0 Å². The topological polar surface area (TPSA) is 89.9 Å². The average Bonchev–Trinajstić information content (AvgIpc) is 2.98. The number of carbonyl (C=O) groups is 3. The molecule has 248 valence electrons. The normalized spacial score (nSPS) is 16.2. The lowest BCUT2D eigenvalue weighted by atomic mass is 9.90. The van der Waals surface area contributed by atoms with Crippen LogP contribution in [0.5, 0.6) is 0 Å². The number of Topliss-reactive ketones (excluding diaryl/α,β-unsaturated/α-hetero) is 2. The summed E-state index contributed by atoms with van der Waals surface area (Å²) in [5, 5.41) is 8.93. The zero-order valence-corrected chi connectivity index (χ0v) is 29.2. The maximum Gasteiger partial charge on any atom is 0.330 e. The molecule has 0 spiro atoms. The second kappa shape index (κ2) is 21.1. The van der Waals surface area contributed by atoms with Gasteiger partial charge in [0.15, 0.2) is 0 Å². The van der Waals surface area contributed by atoms with Crippen molar-refractivity contribution < 1.29 is 29.0 Å². The third-order valence-corrected chi connectivity index (χ3v) is 8.20. The fourth-order valence-corrected chi connectivity index (χ4v) is 5.01. The molecule has 0 atom stereocenters. The van der Waals surface area contributed by atoms with Gasteiger partial charge in [-0.05, 0) is 119 Å². The van der Waals surface area contributed by atoms with Crippen LogP contribution in [0.2, 0.25) is 0 Å². The van der Waals surface area contributed by atoms with Gasteiger partial charge in [0.25, 0.3) is 0 Å². The molecule has 1 aliphatic carbocycles. The molecule has 0 unspecified atom stereocenters. The van der Waals surface area contributed by atoms with Crippen LogP contribution >= 0.6 is 0 Å². The van der Waals surface area contributed by atoms with Crippen LogP contribution in [-0.2, 0) is 23.9 Å². The van der Waals surface area contributed by atoms with E-state index in [1.54, 1.807) is 19.9 Å². The summed E-state index contributed by atoms with van der Waals surface area (Å²) >= 11 is 0. The van der Waals surface area contributed by atoms with Gasteiger partial charge in [-0.1, -0.05) is 64.3 Å². The molecule has 0 radical (unpaired) electrons. The molecule has 0 aromatic rings. The summed E-state index contributed by atoms with van der Waals surface area (Å²) in [5.41, 5.74) is 8.02. The van der Waals surface area contributed by atoms with Crippen molar-refractivity contribution in [3.63, 3.8) is 0 Å². The highest BCUT2D eigenvalue weighted by atomic mass is 16.5. The molecule has 1 rings (SSSR count). The molecule has 1 aliphatic rings. The number of ether oxygens (including phenoxy) is 2. The molecule has 0 amide bonds. The molecule has 0 aromatic heterocycles. The van der Waals surface area contributed by atoms with E-state index in [0.29, 0.717) is 23.1 Å². The first-order valence-corrected chi connectivity index (χ1v) is 16.1. The Kier molecular flexibility index (Phi) is 18.5. The molecular formula is C39H56O6. The standard InChI is InChI=1S/C39H56O6/c1-27(15-10-16-28(2)19-12-20-30(4)23-14-24-32(6)39(42)43)17-11-18-29(3)21-13-22-31(5)25-26-34-33(7)35(40)37(44-8)38(45-9)36(34)41/h16-17,20-21,24-25H,10-15,18-19,22-23,26H2,1-9H3,(H,42,43). The summed E-state index contributed by atoms with van der Waals surface area (Å²) in [7, 11) is 2.75. The maximum atomic E-state index is 12.8. The average molecular weight is 621 g/mol. The summed E-state index contributed by atoms with van der Waals surface area (Å²) < 4.78 is 10.3. The van der Waals surface area contributed by atoms with E-state index in [0.717, 1.165) is 64.2 Å². The van der Waals surface area contributed by atoms with Crippen LogP contribution in [0.25, 0.3) is 0 Å². The van der Waals surface area contributed by atoms with E-state index in [9.17, 15) is 14.4 Å². The fourth-order valence-electron chi connectivity index (χ4n) is 5.01. The first-order chi connectivity index (χ1) is 21.3. The van der Waals surface area contributed by atoms with Crippen molar-refractivity contribution in [2.45, 2.75) is 119 Å². The molecule has 0 aliphatic heterocycles. The molecule has 0 aromatic carbocycles. The molecule has 45 heavy (non-hydrogen) atoms. The first kappa shape index (κ1) is 39.4. The van der Waals surface area contributed by atoms with Crippen LogP contribution in [0.4, 0.5) is 0 Å². The molecule has 0 fully saturated rings. The van der Waals surface area contributed by atoms with Gasteiger partial charge in [-0.15, -0.1) is 0 Å². The first-order valence-electron chi connectivity index (χ1n) is 16.1. The highest BCUT2D eigenvalue weighted by Gasteiger charge is 2.34. The zero-order valence-electron chi connectivity index (χ0n) is 29.2. The molecule has 0 saturated carbocycles. The van der Waals surface area contributed by atoms with E-state index in [1.807, 2.05) is 6.08 Å². The van der Waals surface area contributed by atoms with Gasteiger partial charge in [-0.3, -0.25) is 9.59 Å².